The Kier molecular flexibility index (Phi) is 4.85. The molecule has 0 atom stereocenters. The lowest BCUT2D eigenvalue weighted by Gasteiger charge is -2.11. The van der Waals surface area contributed by atoms with Crippen LogP contribution >= 0.6 is 11.3 Å². The summed E-state index contributed by atoms with van der Waals surface area (Å²) >= 11 is 1.47. The first-order valence-corrected chi connectivity index (χ1v) is 8.91. The maximum absolute atomic E-state index is 12.2. The molecule has 0 bridgehead atoms. The Labute approximate surface area is 145 Å². The fourth-order valence-electron chi connectivity index (χ4n) is 2.95. The van der Waals surface area contributed by atoms with E-state index >= 15 is 0 Å². The van der Waals surface area contributed by atoms with Gasteiger partial charge >= 0.3 is 6.03 Å². The molecule has 1 aliphatic rings. The summed E-state index contributed by atoms with van der Waals surface area (Å²) in [5.41, 5.74) is 9.24. The average molecular weight is 343 g/mol. The number of rotatable bonds is 4. The monoisotopic (exact) mass is 343 g/mol. The van der Waals surface area contributed by atoms with Crippen LogP contribution in [0.3, 0.4) is 0 Å². The zero-order valence-electron chi connectivity index (χ0n) is 13.6. The molecule has 4 N–H and O–H groups in total. The Bertz CT molecular complexity index is 765. The predicted octanol–water partition coefficient (Wildman–Crippen LogP) is 3.36. The van der Waals surface area contributed by atoms with Gasteiger partial charge in [-0.3, -0.25) is 10.1 Å². The van der Waals surface area contributed by atoms with Crippen molar-refractivity contribution >= 4 is 28.3 Å². The highest BCUT2D eigenvalue weighted by atomic mass is 32.1. The fraction of sp³-hybridized carbons (Fsp3) is 0.333. The molecule has 0 saturated carbocycles. The van der Waals surface area contributed by atoms with Crippen LogP contribution in [0.1, 0.15) is 44.8 Å². The summed E-state index contributed by atoms with van der Waals surface area (Å²) < 4.78 is 0. The number of aryl methyl sites for hydroxylation is 2. The Morgan fingerprint density at radius 1 is 1.17 bits per heavy atom. The molecule has 3 rings (SSSR count). The molecule has 0 saturated heterocycles. The molecule has 1 aromatic carbocycles. The van der Waals surface area contributed by atoms with E-state index in [0.29, 0.717) is 17.1 Å². The van der Waals surface area contributed by atoms with E-state index in [4.69, 9.17) is 5.73 Å². The minimum Gasteiger partial charge on any atom is -0.365 e. The first kappa shape index (κ1) is 16.5. The molecule has 1 aromatic heterocycles. The second-order valence-electron chi connectivity index (χ2n) is 6.07. The van der Waals surface area contributed by atoms with E-state index in [2.05, 4.69) is 10.6 Å². The number of nitrogens with one attached hydrogen (secondary N) is 2. The molecule has 126 valence electrons. The first-order valence-electron chi connectivity index (χ1n) is 8.09. The van der Waals surface area contributed by atoms with Gasteiger partial charge in [-0.05, 0) is 43.7 Å². The van der Waals surface area contributed by atoms with Crippen LogP contribution in [-0.4, -0.2) is 11.9 Å². The van der Waals surface area contributed by atoms with Crippen LogP contribution in [-0.2, 0) is 19.4 Å². The van der Waals surface area contributed by atoms with Crippen molar-refractivity contribution in [2.75, 3.05) is 5.32 Å². The molecule has 0 radical (unpaired) electrons. The maximum Gasteiger partial charge on any atom is 0.320 e. The standard InChI is InChI=1S/C18H21N3O2S/c1-11-6-8-12(9-7-11)10-20-18(23)21-17-15(16(19)22)13-4-2-3-5-14(13)24-17/h6-9H,2-5,10H2,1H3,(H2,19,22)(H2,20,21,23). The quantitative estimate of drug-likeness (QED) is 0.795. The van der Waals surface area contributed by atoms with Gasteiger partial charge in [-0.2, -0.15) is 0 Å². The van der Waals surface area contributed by atoms with E-state index in [1.54, 1.807) is 0 Å². The van der Waals surface area contributed by atoms with Crippen LogP contribution in [0.5, 0.6) is 0 Å². The topological polar surface area (TPSA) is 84.2 Å². The Morgan fingerprint density at radius 2 is 1.88 bits per heavy atom. The Hall–Kier alpha value is -2.34. The molecular weight excluding hydrogens is 322 g/mol. The average Bonchev–Trinajstić information content (AvgIpc) is 2.92. The summed E-state index contributed by atoms with van der Waals surface area (Å²) in [7, 11) is 0. The van der Waals surface area contributed by atoms with E-state index in [1.807, 2.05) is 31.2 Å². The third-order valence-electron chi connectivity index (χ3n) is 4.22. The molecule has 0 aliphatic heterocycles. The summed E-state index contributed by atoms with van der Waals surface area (Å²) in [6.45, 7) is 2.46. The van der Waals surface area contributed by atoms with Crippen molar-refractivity contribution < 1.29 is 9.59 Å². The minimum atomic E-state index is -0.469. The van der Waals surface area contributed by atoms with Gasteiger partial charge in [0.15, 0.2) is 0 Å². The van der Waals surface area contributed by atoms with E-state index in [1.165, 1.54) is 21.8 Å². The molecule has 1 aliphatic carbocycles. The number of thiophene rings is 1. The number of anilines is 1. The third-order valence-corrected chi connectivity index (χ3v) is 5.43. The van der Waals surface area contributed by atoms with Gasteiger partial charge in [0.05, 0.1) is 5.56 Å². The molecular formula is C18H21N3O2S. The molecule has 0 unspecified atom stereocenters. The van der Waals surface area contributed by atoms with Crippen LogP contribution in [0.15, 0.2) is 24.3 Å². The molecule has 1 heterocycles. The fourth-order valence-corrected chi connectivity index (χ4v) is 4.24. The highest BCUT2D eigenvalue weighted by Gasteiger charge is 2.24. The van der Waals surface area contributed by atoms with Gasteiger partial charge in [0, 0.05) is 11.4 Å². The van der Waals surface area contributed by atoms with Gasteiger partial charge in [0.2, 0.25) is 0 Å². The number of benzene rings is 1. The van der Waals surface area contributed by atoms with Gasteiger partial charge in [-0.25, -0.2) is 4.79 Å². The lowest BCUT2D eigenvalue weighted by molar-refractivity contribution is 0.100. The lowest BCUT2D eigenvalue weighted by atomic mass is 9.95. The van der Waals surface area contributed by atoms with Crippen molar-refractivity contribution in [3.63, 3.8) is 0 Å². The molecule has 6 heteroatoms. The van der Waals surface area contributed by atoms with Crippen LogP contribution in [0.25, 0.3) is 0 Å². The highest BCUT2D eigenvalue weighted by Crippen LogP contribution is 2.37. The van der Waals surface area contributed by atoms with Gasteiger partial charge in [0.25, 0.3) is 5.91 Å². The number of hydrogen-bond donors (Lipinski definition) is 3. The van der Waals surface area contributed by atoms with Gasteiger partial charge in [-0.1, -0.05) is 29.8 Å². The molecule has 2 aromatic rings. The van der Waals surface area contributed by atoms with Crippen LogP contribution in [0, 0.1) is 6.92 Å². The molecule has 24 heavy (non-hydrogen) atoms. The Balaban J connectivity index is 1.69. The van der Waals surface area contributed by atoms with Crippen molar-refractivity contribution in [3.05, 3.63) is 51.4 Å². The number of urea groups is 1. The van der Waals surface area contributed by atoms with Gasteiger partial charge in [0.1, 0.15) is 5.00 Å². The van der Waals surface area contributed by atoms with Crippen molar-refractivity contribution in [3.8, 4) is 0 Å². The predicted molar refractivity (Wildman–Crippen MR) is 96.5 cm³/mol. The minimum absolute atomic E-state index is 0.323. The smallest absolute Gasteiger partial charge is 0.320 e. The molecule has 3 amide bonds. The van der Waals surface area contributed by atoms with Gasteiger partial charge in [-0.15, -0.1) is 11.3 Å². The van der Waals surface area contributed by atoms with Crippen molar-refractivity contribution in [1.82, 2.24) is 5.32 Å². The zero-order chi connectivity index (χ0) is 17.1. The molecule has 0 spiro atoms. The second-order valence-corrected chi connectivity index (χ2v) is 7.18. The van der Waals surface area contributed by atoms with Crippen LogP contribution in [0.4, 0.5) is 9.80 Å². The summed E-state index contributed by atoms with van der Waals surface area (Å²) in [6.07, 6.45) is 3.98. The van der Waals surface area contributed by atoms with E-state index in [9.17, 15) is 9.59 Å². The Morgan fingerprint density at radius 3 is 2.58 bits per heavy atom. The maximum atomic E-state index is 12.2. The number of hydrogen-bond acceptors (Lipinski definition) is 3. The normalized spacial score (nSPS) is 13.2. The van der Waals surface area contributed by atoms with Crippen molar-refractivity contribution in [2.24, 2.45) is 5.73 Å². The van der Waals surface area contributed by atoms with E-state index in [0.717, 1.165) is 36.8 Å². The SMILES string of the molecule is Cc1ccc(CNC(=O)Nc2sc3c(c2C(N)=O)CCCC3)cc1. The van der Waals surface area contributed by atoms with E-state index < -0.39 is 5.91 Å². The number of amides is 3. The number of fused-ring (bicyclic) bond motifs is 1. The van der Waals surface area contributed by atoms with Crippen LogP contribution < -0.4 is 16.4 Å². The van der Waals surface area contributed by atoms with E-state index in [-0.39, 0.29) is 6.03 Å². The molecule has 0 fully saturated rings. The summed E-state index contributed by atoms with van der Waals surface area (Å²) in [6, 6.07) is 7.65. The first-order chi connectivity index (χ1) is 11.5. The summed E-state index contributed by atoms with van der Waals surface area (Å²) in [4.78, 5) is 25.1. The second kappa shape index (κ2) is 7.05. The highest BCUT2D eigenvalue weighted by molar-refractivity contribution is 7.17. The van der Waals surface area contributed by atoms with Crippen molar-refractivity contribution in [1.29, 1.82) is 0 Å². The lowest BCUT2D eigenvalue weighted by Crippen LogP contribution is -2.29. The summed E-state index contributed by atoms with van der Waals surface area (Å²) in [5, 5.41) is 6.18. The van der Waals surface area contributed by atoms with Crippen LogP contribution in [0.2, 0.25) is 0 Å². The summed E-state index contributed by atoms with van der Waals surface area (Å²) in [5.74, 6) is -0.469. The number of carbonyl (C=O) groups is 2. The third kappa shape index (κ3) is 3.59. The van der Waals surface area contributed by atoms with Gasteiger partial charge < -0.3 is 11.1 Å². The largest absolute Gasteiger partial charge is 0.365 e. The number of primary amides is 1. The number of nitrogens with two attached hydrogens (primary N) is 1. The number of carbonyl (C=O) groups excluding carboxylic acids is 2. The molecule has 5 nitrogen and oxygen atoms in total. The zero-order valence-corrected chi connectivity index (χ0v) is 14.5. The van der Waals surface area contributed by atoms with Crippen molar-refractivity contribution in [2.45, 2.75) is 39.2 Å².